The Hall–Kier alpha value is -1.97. The normalized spacial score (nSPS) is 21.6. The first kappa shape index (κ1) is 14.0. The Kier molecular flexibility index (Phi) is 3.62. The van der Waals surface area contributed by atoms with Gasteiger partial charge in [0, 0.05) is 12.0 Å². The summed E-state index contributed by atoms with van der Waals surface area (Å²) in [6, 6.07) is 6.71. The third kappa shape index (κ3) is 2.39. The SMILES string of the molecule is O=Cc1cccc(N2C(=O)CC3(CCCCCC3)C2=O)c1. The predicted octanol–water partition coefficient (Wildman–Crippen LogP) is 3.10. The van der Waals surface area contributed by atoms with Crippen LogP contribution in [-0.2, 0) is 9.59 Å². The first-order valence-electron chi connectivity index (χ1n) is 7.59. The van der Waals surface area contributed by atoms with Crippen LogP contribution in [0.1, 0.15) is 55.3 Å². The van der Waals surface area contributed by atoms with Gasteiger partial charge in [-0.1, -0.05) is 37.8 Å². The summed E-state index contributed by atoms with van der Waals surface area (Å²) in [6.45, 7) is 0. The summed E-state index contributed by atoms with van der Waals surface area (Å²) in [6.07, 6.45) is 6.98. The smallest absolute Gasteiger partial charge is 0.240 e. The maximum absolute atomic E-state index is 12.9. The molecule has 4 nitrogen and oxygen atoms in total. The van der Waals surface area contributed by atoms with Crippen molar-refractivity contribution < 1.29 is 14.4 Å². The number of amides is 2. The Labute approximate surface area is 124 Å². The quantitative estimate of drug-likeness (QED) is 0.619. The average Bonchev–Trinajstić information content (AvgIpc) is 2.66. The zero-order chi connectivity index (χ0) is 14.9. The summed E-state index contributed by atoms with van der Waals surface area (Å²) < 4.78 is 0. The van der Waals surface area contributed by atoms with Crippen molar-refractivity contribution in [1.29, 1.82) is 0 Å². The Morgan fingerprint density at radius 2 is 1.76 bits per heavy atom. The van der Waals surface area contributed by atoms with Gasteiger partial charge in [0.05, 0.1) is 11.1 Å². The summed E-state index contributed by atoms with van der Waals surface area (Å²) in [7, 11) is 0. The van der Waals surface area contributed by atoms with Gasteiger partial charge in [-0.15, -0.1) is 0 Å². The van der Waals surface area contributed by atoms with Crippen molar-refractivity contribution in [3.63, 3.8) is 0 Å². The van der Waals surface area contributed by atoms with Gasteiger partial charge >= 0.3 is 0 Å². The van der Waals surface area contributed by atoms with E-state index in [0.29, 0.717) is 17.7 Å². The second kappa shape index (κ2) is 5.43. The summed E-state index contributed by atoms with van der Waals surface area (Å²) in [4.78, 5) is 37.4. The highest BCUT2D eigenvalue weighted by molar-refractivity contribution is 6.22. The zero-order valence-electron chi connectivity index (χ0n) is 12.0. The molecule has 4 heteroatoms. The summed E-state index contributed by atoms with van der Waals surface area (Å²) in [5.74, 6) is -0.206. The van der Waals surface area contributed by atoms with Crippen molar-refractivity contribution in [2.24, 2.45) is 5.41 Å². The van der Waals surface area contributed by atoms with Crippen LogP contribution in [0.25, 0.3) is 0 Å². The van der Waals surface area contributed by atoms with Gasteiger partial charge in [0.2, 0.25) is 11.8 Å². The molecule has 1 saturated heterocycles. The minimum absolute atomic E-state index is 0.0718. The van der Waals surface area contributed by atoms with E-state index in [2.05, 4.69) is 0 Å². The highest BCUT2D eigenvalue weighted by Crippen LogP contribution is 2.45. The van der Waals surface area contributed by atoms with Gasteiger partial charge in [-0.05, 0) is 25.0 Å². The molecule has 2 amide bonds. The molecule has 0 radical (unpaired) electrons. The molecule has 21 heavy (non-hydrogen) atoms. The van der Waals surface area contributed by atoms with Gasteiger partial charge in [0.1, 0.15) is 6.29 Å². The topological polar surface area (TPSA) is 54.5 Å². The highest BCUT2D eigenvalue weighted by atomic mass is 16.2. The first-order valence-corrected chi connectivity index (χ1v) is 7.59. The molecule has 1 spiro atoms. The lowest BCUT2D eigenvalue weighted by Crippen LogP contribution is -2.35. The van der Waals surface area contributed by atoms with Crippen LogP contribution in [0.15, 0.2) is 24.3 Å². The van der Waals surface area contributed by atoms with Crippen molar-refractivity contribution in [3.05, 3.63) is 29.8 Å². The number of carbonyl (C=O) groups is 3. The minimum atomic E-state index is -0.495. The van der Waals surface area contributed by atoms with Gasteiger partial charge in [0.25, 0.3) is 0 Å². The maximum Gasteiger partial charge on any atom is 0.240 e. The van der Waals surface area contributed by atoms with E-state index in [9.17, 15) is 14.4 Å². The van der Waals surface area contributed by atoms with Crippen molar-refractivity contribution in [2.45, 2.75) is 44.9 Å². The van der Waals surface area contributed by atoms with Crippen LogP contribution in [0.5, 0.6) is 0 Å². The van der Waals surface area contributed by atoms with Crippen molar-refractivity contribution in [3.8, 4) is 0 Å². The summed E-state index contributed by atoms with van der Waals surface area (Å²) >= 11 is 0. The molecule has 1 aliphatic carbocycles. The third-order valence-corrected chi connectivity index (χ3v) is 4.72. The lowest BCUT2D eigenvalue weighted by molar-refractivity contribution is -0.126. The number of benzene rings is 1. The van der Waals surface area contributed by atoms with Crippen LogP contribution in [0.2, 0.25) is 0 Å². The van der Waals surface area contributed by atoms with E-state index >= 15 is 0 Å². The number of hydrogen-bond donors (Lipinski definition) is 0. The van der Waals surface area contributed by atoms with E-state index in [0.717, 1.165) is 44.8 Å². The molecule has 2 aliphatic rings. The van der Waals surface area contributed by atoms with E-state index in [1.165, 1.54) is 4.90 Å². The number of hydrogen-bond acceptors (Lipinski definition) is 3. The standard InChI is InChI=1S/C17H19NO3/c19-12-13-6-5-7-14(10-13)18-15(20)11-17(16(18)21)8-3-1-2-4-9-17/h5-7,10,12H,1-4,8-9,11H2. The number of anilines is 1. The van der Waals surface area contributed by atoms with Gasteiger partial charge in [-0.25, -0.2) is 0 Å². The molecule has 0 aromatic heterocycles. The first-order chi connectivity index (χ1) is 10.2. The molecule has 0 N–H and O–H groups in total. The molecular weight excluding hydrogens is 266 g/mol. The predicted molar refractivity (Wildman–Crippen MR) is 79.1 cm³/mol. The molecule has 3 rings (SSSR count). The molecule has 1 aromatic carbocycles. The number of imide groups is 1. The summed E-state index contributed by atoms with van der Waals surface area (Å²) in [5, 5.41) is 0. The van der Waals surface area contributed by atoms with E-state index in [-0.39, 0.29) is 11.8 Å². The fraction of sp³-hybridized carbons (Fsp3) is 0.471. The second-order valence-corrected chi connectivity index (χ2v) is 6.12. The molecular formula is C17H19NO3. The Morgan fingerprint density at radius 3 is 2.43 bits per heavy atom. The number of carbonyl (C=O) groups excluding carboxylic acids is 3. The maximum atomic E-state index is 12.9. The zero-order valence-corrected chi connectivity index (χ0v) is 12.0. The highest BCUT2D eigenvalue weighted by Gasteiger charge is 2.51. The van der Waals surface area contributed by atoms with E-state index < -0.39 is 5.41 Å². The van der Waals surface area contributed by atoms with Crippen LogP contribution < -0.4 is 4.90 Å². The van der Waals surface area contributed by atoms with Crippen molar-refractivity contribution >= 4 is 23.8 Å². The van der Waals surface area contributed by atoms with E-state index in [1.54, 1.807) is 24.3 Å². The molecule has 1 aliphatic heterocycles. The van der Waals surface area contributed by atoms with Crippen LogP contribution >= 0.6 is 0 Å². The largest absolute Gasteiger partial charge is 0.298 e. The molecule has 1 heterocycles. The van der Waals surface area contributed by atoms with Crippen LogP contribution in [0.3, 0.4) is 0 Å². The van der Waals surface area contributed by atoms with E-state index in [4.69, 9.17) is 0 Å². The molecule has 0 unspecified atom stereocenters. The van der Waals surface area contributed by atoms with Gasteiger partial charge < -0.3 is 0 Å². The molecule has 2 fully saturated rings. The molecule has 0 bridgehead atoms. The van der Waals surface area contributed by atoms with Crippen LogP contribution in [0, 0.1) is 5.41 Å². The van der Waals surface area contributed by atoms with Crippen molar-refractivity contribution in [1.82, 2.24) is 0 Å². The molecule has 1 aromatic rings. The van der Waals surface area contributed by atoms with Gasteiger partial charge in [0.15, 0.2) is 0 Å². The fourth-order valence-electron chi connectivity index (χ4n) is 3.59. The Morgan fingerprint density at radius 1 is 1.05 bits per heavy atom. The average molecular weight is 285 g/mol. The lowest BCUT2D eigenvalue weighted by atomic mass is 9.79. The molecule has 1 saturated carbocycles. The van der Waals surface area contributed by atoms with Crippen LogP contribution in [-0.4, -0.2) is 18.1 Å². The third-order valence-electron chi connectivity index (χ3n) is 4.72. The Bertz CT molecular complexity index is 585. The number of aldehydes is 1. The minimum Gasteiger partial charge on any atom is -0.298 e. The van der Waals surface area contributed by atoms with E-state index in [1.807, 2.05) is 0 Å². The second-order valence-electron chi connectivity index (χ2n) is 6.12. The fourth-order valence-corrected chi connectivity index (χ4v) is 3.59. The lowest BCUT2D eigenvalue weighted by Gasteiger charge is -2.25. The molecule has 0 atom stereocenters. The molecule has 110 valence electrons. The number of nitrogens with zero attached hydrogens (tertiary/aromatic N) is 1. The van der Waals surface area contributed by atoms with Gasteiger partial charge in [-0.3, -0.25) is 19.3 Å². The van der Waals surface area contributed by atoms with Crippen molar-refractivity contribution in [2.75, 3.05) is 4.90 Å². The van der Waals surface area contributed by atoms with Gasteiger partial charge in [-0.2, -0.15) is 0 Å². The summed E-state index contributed by atoms with van der Waals surface area (Å²) in [5.41, 5.74) is 0.510. The Balaban J connectivity index is 1.94. The number of rotatable bonds is 2. The van der Waals surface area contributed by atoms with Crippen LogP contribution in [0.4, 0.5) is 5.69 Å². The monoisotopic (exact) mass is 285 g/mol.